The fourth-order valence-corrected chi connectivity index (χ4v) is 3.35. The SMILES string of the molecule is Cc1ccc(Cl)cc1NC(=O)CSc1nnc(-c2ccc(Cl)cc2)n1C. The Bertz CT molecular complexity index is 941. The molecule has 8 heteroatoms. The number of hydrogen-bond acceptors (Lipinski definition) is 4. The van der Waals surface area contributed by atoms with Crippen molar-refractivity contribution in [3.63, 3.8) is 0 Å². The first-order valence-electron chi connectivity index (χ1n) is 7.78. The quantitative estimate of drug-likeness (QED) is 0.616. The van der Waals surface area contributed by atoms with Gasteiger partial charge in [-0.25, -0.2) is 0 Å². The summed E-state index contributed by atoms with van der Waals surface area (Å²) < 4.78 is 1.85. The molecule has 0 fully saturated rings. The summed E-state index contributed by atoms with van der Waals surface area (Å²) in [5.74, 6) is 0.810. The monoisotopic (exact) mass is 406 g/mol. The molecule has 0 saturated heterocycles. The van der Waals surface area contributed by atoms with Gasteiger partial charge in [-0.1, -0.05) is 41.0 Å². The minimum Gasteiger partial charge on any atom is -0.325 e. The number of rotatable bonds is 5. The van der Waals surface area contributed by atoms with Gasteiger partial charge in [0.05, 0.1) is 5.75 Å². The van der Waals surface area contributed by atoms with E-state index in [-0.39, 0.29) is 11.7 Å². The topological polar surface area (TPSA) is 59.8 Å². The number of halogens is 2. The van der Waals surface area contributed by atoms with Crippen LogP contribution in [0.3, 0.4) is 0 Å². The first kappa shape index (κ1) is 18.8. The summed E-state index contributed by atoms with van der Waals surface area (Å²) in [6.45, 7) is 1.92. The standard InChI is InChI=1S/C18H16Cl2N4OS/c1-11-3-6-14(20)9-15(11)21-16(25)10-26-18-23-22-17(24(18)2)12-4-7-13(19)8-5-12/h3-9H,10H2,1-2H3,(H,21,25). The van der Waals surface area contributed by atoms with Crippen molar-refractivity contribution in [2.45, 2.75) is 12.1 Å². The lowest BCUT2D eigenvalue weighted by atomic mass is 10.2. The minimum atomic E-state index is -0.128. The Balaban J connectivity index is 1.65. The molecule has 26 heavy (non-hydrogen) atoms. The first-order chi connectivity index (χ1) is 12.4. The summed E-state index contributed by atoms with van der Waals surface area (Å²) in [7, 11) is 1.87. The Kier molecular flexibility index (Phi) is 5.86. The van der Waals surface area contributed by atoms with Crippen molar-refractivity contribution >= 4 is 46.6 Å². The number of nitrogens with zero attached hydrogens (tertiary/aromatic N) is 3. The molecule has 5 nitrogen and oxygen atoms in total. The Labute approximate surface area is 165 Å². The molecule has 0 radical (unpaired) electrons. The zero-order valence-corrected chi connectivity index (χ0v) is 16.5. The van der Waals surface area contributed by atoms with Gasteiger partial charge < -0.3 is 9.88 Å². The van der Waals surface area contributed by atoms with E-state index in [2.05, 4.69) is 15.5 Å². The zero-order valence-electron chi connectivity index (χ0n) is 14.2. The van der Waals surface area contributed by atoms with E-state index in [9.17, 15) is 4.79 Å². The molecule has 0 aliphatic carbocycles. The van der Waals surface area contributed by atoms with Crippen LogP contribution in [0, 0.1) is 6.92 Å². The van der Waals surface area contributed by atoms with Gasteiger partial charge in [0.15, 0.2) is 11.0 Å². The molecular formula is C18H16Cl2N4OS. The summed E-state index contributed by atoms with van der Waals surface area (Å²) in [6.07, 6.45) is 0. The van der Waals surface area contributed by atoms with Crippen LogP contribution in [0.5, 0.6) is 0 Å². The van der Waals surface area contributed by atoms with E-state index in [1.54, 1.807) is 24.3 Å². The number of anilines is 1. The third kappa shape index (κ3) is 4.38. The maximum Gasteiger partial charge on any atom is 0.234 e. The molecular weight excluding hydrogens is 391 g/mol. The van der Waals surface area contributed by atoms with Crippen LogP contribution in [0.2, 0.25) is 10.0 Å². The van der Waals surface area contributed by atoms with Crippen molar-refractivity contribution in [3.05, 3.63) is 58.1 Å². The molecule has 0 aliphatic rings. The molecule has 1 aromatic heterocycles. The smallest absolute Gasteiger partial charge is 0.234 e. The molecule has 0 unspecified atom stereocenters. The molecule has 0 aliphatic heterocycles. The van der Waals surface area contributed by atoms with Crippen LogP contribution < -0.4 is 5.32 Å². The highest BCUT2D eigenvalue weighted by Gasteiger charge is 2.13. The van der Waals surface area contributed by atoms with Crippen LogP contribution in [0.1, 0.15) is 5.56 Å². The normalized spacial score (nSPS) is 10.8. The summed E-state index contributed by atoms with van der Waals surface area (Å²) in [5, 5.41) is 13.1. The molecule has 1 N–H and O–H groups in total. The van der Waals surface area contributed by atoms with Gasteiger partial charge in [-0.15, -0.1) is 10.2 Å². The highest BCUT2D eigenvalue weighted by molar-refractivity contribution is 7.99. The Morgan fingerprint density at radius 2 is 1.81 bits per heavy atom. The highest BCUT2D eigenvalue weighted by atomic mass is 35.5. The lowest BCUT2D eigenvalue weighted by molar-refractivity contribution is -0.113. The number of aryl methyl sites for hydroxylation is 1. The fraction of sp³-hybridized carbons (Fsp3) is 0.167. The average molecular weight is 407 g/mol. The molecule has 0 saturated carbocycles. The predicted octanol–water partition coefficient (Wildman–Crippen LogP) is 4.83. The maximum absolute atomic E-state index is 12.2. The number of nitrogens with one attached hydrogen (secondary N) is 1. The number of thioether (sulfide) groups is 1. The number of carbonyl (C=O) groups is 1. The summed E-state index contributed by atoms with van der Waals surface area (Å²) in [6, 6.07) is 12.8. The zero-order chi connectivity index (χ0) is 18.7. The summed E-state index contributed by atoms with van der Waals surface area (Å²) >= 11 is 13.2. The van der Waals surface area contributed by atoms with Crippen LogP contribution in [-0.2, 0) is 11.8 Å². The average Bonchev–Trinajstić information content (AvgIpc) is 2.98. The van der Waals surface area contributed by atoms with Gasteiger partial charge in [0.25, 0.3) is 0 Å². The summed E-state index contributed by atoms with van der Waals surface area (Å²) in [4.78, 5) is 12.2. The molecule has 1 amide bonds. The third-order valence-corrected chi connectivity index (χ3v) is 5.25. The number of aromatic nitrogens is 3. The minimum absolute atomic E-state index is 0.128. The van der Waals surface area contributed by atoms with Crippen molar-refractivity contribution in [3.8, 4) is 11.4 Å². The number of hydrogen-bond donors (Lipinski definition) is 1. The van der Waals surface area contributed by atoms with Gasteiger partial charge in [-0.2, -0.15) is 0 Å². The van der Waals surface area contributed by atoms with Gasteiger partial charge in [0.2, 0.25) is 5.91 Å². The van der Waals surface area contributed by atoms with Gasteiger partial charge in [-0.3, -0.25) is 4.79 Å². The van der Waals surface area contributed by atoms with E-state index in [1.807, 2.05) is 36.7 Å². The van der Waals surface area contributed by atoms with Crippen molar-refractivity contribution in [1.29, 1.82) is 0 Å². The Hall–Kier alpha value is -2.02. The number of benzene rings is 2. The second kappa shape index (κ2) is 8.12. The van der Waals surface area contributed by atoms with Crippen molar-refractivity contribution in [1.82, 2.24) is 14.8 Å². The molecule has 3 rings (SSSR count). The Morgan fingerprint density at radius 1 is 1.12 bits per heavy atom. The molecule has 0 spiro atoms. The molecule has 0 atom stereocenters. The van der Waals surface area contributed by atoms with E-state index in [1.165, 1.54) is 11.8 Å². The van der Waals surface area contributed by atoms with Crippen molar-refractivity contribution in [2.75, 3.05) is 11.1 Å². The van der Waals surface area contributed by atoms with Crippen LogP contribution in [-0.4, -0.2) is 26.4 Å². The van der Waals surface area contributed by atoms with E-state index < -0.39 is 0 Å². The predicted molar refractivity (Wildman–Crippen MR) is 107 cm³/mol. The number of amides is 1. The largest absolute Gasteiger partial charge is 0.325 e. The summed E-state index contributed by atoms with van der Waals surface area (Å²) in [5.41, 5.74) is 2.58. The second-order valence-corrected chi connectivity index (χ2v) is 7.48. The van der Waals surface area contributed by atoms with Gasteiger partial charge in [0.1, 0.15) is 0 Å². The highest BCUT2D eigenvalue weighted by Crippen LogP contribution is 2.25. The van der Waals surface area contributed by atoms with Crippen LogP contribution >= 0.6 is 35.0 Å². The third-order valence-electron chi connectivity index (χ3n) is 3.74. The van der Waals surface area contributed by atoms with Crippen molar-refractivity contribution in [2.24, 2.45) is 7.05 Å². The van der Waals surface area contributed by atoms with E-state index >= 15 is 0 Å². The lowest BCUT2D eigenvalue weighted by Gasteiger charge is -2.08. The van der Waals surface area contributed by atoms with Crippen LogP contribution in [0.25, 0.3) is 11.4 Å². The lowest BCUT2D eigenvalue weighted by Crippen LogP contribution is -2.15. The van der Waals surface area contributed by atoms with E-state index in [4.69, 9.17) is 23.2 Å². The fourth-order valence-electron chi connectivity index (χ4n) is 2.34. The van der Waals surface area contributed by atoms with Gasteiger partial charge in [0, 0.05) is 28.3 Å². The molecule has 1 heterocycles. The molecule has 134 valence electrons. The maximum atomic E-state index is 12.2. The van der Waals surface area contributed by atoms with Crippen LogP contribution in [0.15, 0.2) is 47.6 Å². The molecule has 3 aromatic rings. The molecule has 0 bridgehead atoms. The second-order valence-electron chi connectivity index (χ2n) is 5.67. The van der Waals surface area contributed by atoms with Crippen LogP contribution in [0.4, 0.5) is 5.69 Å². The van der Waals surface area contributed by atoms with E-state index in [0.29, 0.717) is 20.9 Å². The van der Waals surface area contributed by atoms with Gasteiger partial charge >= 0.3 is 0 Å². The van der Waals surface area contributed by atoms with Crippen molar-refractivity contribution < 1.29 is 4.79 Å². The first-order valence-corrected chi connectivity index (χ1v) is 9.52. The van der Waals surface area contributed by atoms with Gasteiger partial charge in [-0.05, 0) is 48.9 Å². The molecule has 2 aromatic carbocycles. The Morgan fingerprint density at radius 3 is 2.54 bits per heavy atom. The number of carbonyl (C=O) groups excluding carboxylic acids is 1. The van der Waals surface area contributed by atoms with E-state index in [0.717, 1.165) is 17.0 Å².